The van der Waals surface area contributed by atoms with E-state index >= 15 is 0 Å². The van der Waals surface area contributed by atoms with Crippen molar-refractivity contribution >= 4 is 17.3 Å². The van der Waals surface area contributed by atoms with E-state index in [1.165, 1.54) is 0 Å². The summed E-state index contributed by atoms with van der Waals surface area (Å²) in [6.45, 7) is 4.16. The van der Waals surface area contributed by atoms with Crippen LogP contribution in [0.15, 0.2) is 18.5 Å². The van der Waals surface area contributed by atoms with Gasteiger partial charge in [-0.3, -0.25) is 14.7 Å². The van der Waals surface area contributed by atoms with Crippen molar-refractivity contribution in [3.8, 4) is 0 Å². The molecule has 6 nitrogen and oxygen atoms in total. The number of nitrogens with zero attached hydrogens (tertiary/aromatic N) is 3. The van der Waals surface area contributed by atoms with Crippen molar-refractivity contribution < 1.29 is 4.79 Å². The van der Waals surface area contributed by atoms with E-state index in [2.05, 4.69) is 20.5 Å². The number of amides is 1. The predicted molar refractivity (Wildman–Crippen MR) is 76.5 cm³/mol. The lowest BCUT2D eigenvalue weighted by atomic mass is 10.3. The third kappa shape index (κ3) is 3.90. The van der Waals surface area contributed by atoms with Gasteiger partial charge in [-0.05, 0) is 6.07 Å². The Kier molecular flexibility index (Phi) is 4.70. The normalized spacial score (nSPS) is 16.1. The molecule has 1 aromatic heterocycles. The molecule has 0 unspecified atom stereocenters. The van der Waals surface area contributed by atoms with Gasteiger partial charge >= 0.3 is 0 Å². The summed E-state index contributed by atoms with van der Waals surface area (Å²) in [4.78, 5) is 20.2. The van der Waals surface area contributed by atoms with E-state index in [0.717, 1.165) is 37.6 Å². The van der Waals surface area contributed by atoms with Crippen molar-refractivity contribution in [1.82, 2.24) is 15.2 Å². The molecule has 0 spiro atoms. The van der Waals surface area contributed by atoms with Crippen LogP contribution in [0.4, 0.5) is 11.4 Å². The Balaban J connectivity index is 1.94. The van der Waals surface area contributed by atoms with Gasteiger partial charge in [0, 0.05) is 46.5 Å². The molecule has 1 fully saturated rings. The molecule has 2 N–H and O–H groups in total. The molecule has 1 saturated heterocycles. The molecule has 2 heterocycles. The standard InChI is InChI=1S/C13H21N5O/c1-17(2)12-3-4-15-9-11(12)16-13(19)10-18-7-5-14-6-8-18/h3-4,9,14H,5-8,10H2,1-2H3,(H,16,19). The first-order chi connectivity index (χ1) is 9.16. The summed E-state index contributed by atoms with van der Waals surface area (Å²) in [6, 6.07) is 1.89. The van der Waals surface area contributed by atoms with Gasteiger partial charge in [-0.2, -0.15) is 0 Å². The fourth-order valence-electron chi connectivity index (χ4n) is 2.14. The van der Waals surface area contributed by atoms with Crippen molar-refractivity contribution in [3.05, 3.63) is 18.5 Å². The lowest BCUT2D eigenvalue weighted by molar-refractivity contribution is -0.117. The number of hydrogen-bond donors (Lipinski definition) is 2. The molecule has 2 rings (SSSR count). The Hall–Kier alpha value is -1.66. The van der Waals surface area contributed by atoms with Crippen LogP contribution in [0.25, 0.3) is 0 Å². The zero-order valence-corrected chi connectivity index (χ0v) is 11.5. The Morgan fingerprint density at radius 3 is 2.89 bits per heavy atom. The van der Waals surface area contributed by atoms with Crippen LogP contribution in [0.2, 0.25) is 0 Å². The molecule has 0 saturated carbocycles. The molecule has 0 bridgehead atoms. The minimum Gasteiger partial charge on any atom is -0.376 e. The number of aromatic nitrogens is 1. The van der Waals surface area contributed by atoms with Gasteiger partial charge in [-0.25, -0.2) is 0 Å². The van der Waals surface area contributed by atoms with Crippen molar-refractivity contribution in [2.75, 3.05) is 57.0 Å². The van der Waals surface area contributed by atoms with Gasteiger partial charge in [0.15, 0.2) is 0 Å². The van der Waals surface area contributed by atoms with Crippen molar-refractivity contribution in [3.63, 3.8) is 0 Å². The average Bonchev–Trinajstić information content (AvgIpc) is 2.40. The largest absolute Gasteiger partial charge is 0.376 e. The fraction of sp³-hybridized carbons (Fsp3) is 0.538. The molecular weight excluding hydrogens is 242 g/mol. The average molecular weight is 263 g/mol. The Morgan fingerprint density at radius 1 is 1.47 bits per heavy atom. The van der Waals surface area contributed by atoms with Gasteiger partial charge in [-0.15, -0.1) is 0 Å². The lowest BCUT2D eigenvalue weighted by Gasteiger charge is -2.26. The van der Waals surface area contributed by atoms with E-state index in [9.17, 15) is 4.79 Å². The summed E-state index contributed by atoms with van der Waals surface area (Å²) in [7, 11) is 3.89. The van der Waals surface area contributed by atoms with Crippen LogP contribution in [-0.2, 0) is 4.79 Å². The summed E-state index contributed by atoms with van der Waals surface area (Å²) in [5.41, 5.74) is 1.72. The number of rotatable bonds is 4. The van der Waals surface area contributed by atoms with Crippen molar-refractivity contribution in [2.24, 2.45) is 0 Å². The van der Waals surface area contributed by atoms with E-state index in [4.69, 9.17) is 0 Å². The van der Waals surface area contributed by atoms with E-state index in [1.54, 1.807) is 12.4 Å². The Bertz CT molecular complexity index is 429. The van der Waals surface area contributed by atoms with Crippen molar-refractivity contribution in [1.29, 1.82) is 0 Å². The van der Waals surface area contributed by atoms with Crippen LogP contribution < -0.4 is 15.5 Å². The second-order valence-corrected chi connectivity index (χ2v) is 4.86. The molecule has 104 valence electrons. The van der Waals surface area contributed by atoms with Crippen LogP contribution in [0.3, 0.4) is 0 Å². The summed E-state index contributed by atoms with van der Waals surface area (Å²) in [6.07, 6.45) is 3.41. The number of nitrogens with one attached hydrogen (secondary N) is 2. The first-order valence-electron chi connectivity index (χ1n) is 6.51. The minimum absolute atomic E-state index is 0.0120. The minimum atomic E-state index is 0.0120. The number of hydrogen-bond acceptors (Lipinski definition) is 5. The predicted octanol–water partition coefficient (Wildman–Crippen LogP) is -0.00870. The number of carbonyl (C=O) groups excluding carboxylic acids is 1. The van der Waals surface area contributed by atoms with Gasteiger partial charge in [0.1, 0.15) is 0 Å². The molecule has 0 radical (unpaired) electrons. The quantitative estimate of drug-likeness (QED) is 0.800. The SMILES string of the molecule is CN(C)c1ccncc1NC(=O)CN1CCNCC1. The van der Waals surface area contributed by atoms with E-state index in [0.29, 0.717) is 6.54 Å². The maximum atomic E-state index is 12.0. The maximum absolute atomic E-state index is 12.0. The highest BCUT2D eigenvalue weighted by Crippen LogP contribution is 2.21. The van der Waals surface area contributed by atoms with Gasteiger partial charge in [0.2, 0.25) is 5.91 Å². The van der Waals surface area contributed by atoms with E-state index in [-0.39, 0.29) is 5.91 Å². The molecule has 1 aliphatic rings. The van der Waals surface area contributed by atoms with Crippen LogP contribution >= 0.6 is 0 Å². The molecule has 0 aliphatic carbocycles. The number of pyridine rings is 1. The van der Waals surface area contributed by atoms with Gasteiger partial charge in [-0.1, -0.05) is 0 Å². The maximum Gasteiger partial charge on any atom is 0.238 e. The summed E-state index contributed by atoms with van der Waals surface area (Å²) >= 11 is 0. The van der Waals surface area contributed by atoms with Crippen LogP contribution in [0.1, 0.15) is 0 Å². The second-order valence-electron chi connectivity index (χ2n) is 4.86. The Labute approximate surface area is 113 Å². The highest BCUT2D eigenvalue weighted by Gasteiger charge is 2.14. The monoisotopic (exact) mass is 263 g/mol. The summed E-state index contributed by atoms with van der Waals surface area (Å²) in [5.74, 6) is 0.0120. The first-order valence-corrected chi connectivity index (χ1v) is 6.51. The Morgan fingerprint density at radius 2 is 2.21 bits per heavy atom. The van der Waals surface area contributed by atoms with Crippen LogP contribution in [0.5, 0.6) is 0 Å². The third-order valence-electron chi connectivity index (χ3n) is 3.13. The van der Waals surface area contributed by atoms with Crippen LogP contribution in [-0.4, -0.2) is 62.6 Å². The zero-order valence-electron chi connectivity index (χ0n) is 11.5. The van der Waals surface area contributed by atoms with Gasteiger partial charge < -0.3 is 15.5 Å². The second kappa shape index (κ2) is 6.49. The molecular formula is C13H21N5O. The van der Waals surface area contributed by atoms with Gasteiger partial charge in [0.25, 0.3) is 0 Å². The number of piperazine rings is 1. The zero-order chi connectivity index (χ0) is 13.7. The highest BCUT2D eigenvalue weighted by molar-refractivity contribution is 5.95. The number of anilines is 2. The van der Waals surface area contributed by atoms with Crippen LogP contribution in [0, 0.1) is 0 Å². The van der Waals surface area contributed by atoms with Crippen molar-refractivity contribution in [2.45, 2.75) is 0 Å². The molecule has 1 amide bonds. The topological polar surface area (TPSA) is 60.5 Å². The fourth-order valence-corrected chi connectivity index (χ4v) is 2.14. The molecule has 0 atom stereocenters. The molecule has 1 aliphatic heterocycles. The molecule has 0 aromatic carbocycles. The van der Waals surface area contributed by atoms with E-state index in [1.807, 2.05) is 25.1 Å². The first kappa shape index (κ1) is 13.8. The molecule has 6 heteroatoms. The molecule has 19 heavy (non-hydrogen) atoms. The summed E-state index contributed by atoms with van der Waals surface area (Å²) in [5, 5.41) is 6.21. The number of carbonyl (C=O) groups is 1. The summed E-state index contributed by atoms with van der Waals surface area (Å²) < 4.78 is 0. The lowest BCUT2D eigenvalue weighted by Crippen LogP contribution is -2.46. The van der Waals surface area contributed by atoms with Gasteiger partial charge in [0.05, 0.1) is 24.1 Å². The molecule has 1 aromatic rings. The third-order valence-corrected chi connectivity index (χ3v) is 3.13. The smallest absolute Gasteiger partial charge is 0.238 e. The highest BCUT2D eigenvalue weighted by atomic mass is 16.2. The van der Waals surface area contributed by atoms with E-state index < -0.39 is 0 Å².